The van der Waals surface area contributed by atoms with Gasteiger partial charge in [-0.05, 0) is 74.5 Å². The molecule has 7 atom stereocenters. The van der Waals surface area contributed by atoms with Gasteiger partial charge in [-0.1, -0.05) is 68.4 Å². The number of carbonyl (C=O) groups is 7. The third kappa shape index (κ3) is 9.39. The first kappa shape index (κ1) is 40.4. The molecule has 2 aromatic carbocycles. The third-order valence-electron chi connectivity index (χ3n) is 11.4. The average Bonchev–Trinajstić information content (AvgIpc) is 3.86. The summed E-state index contributed by atoms with van der Waals surface area (Å²) in [5.41, 5.74) is 2.68. The molecular formula is C42H54N6O8. The summed E-state index contributed by atoms with van der Waals surface area (Å²) < 4.78 is 5.77. The van der Waals surface area contributed by atoms with Crippen molar-refractivity contribution >= 4 is 41.4 Å². The van der Waals surface area contributed by atoms with Crippen LogP contribution in [0.5, 0.6) is 0 Å². The highest BCUT2D eigenvalue weighted by Crippen LogP contribution is 2.28. The zero-order valence-corrected chi connectivity index (χ0v) is 32.5. The fourth-order valence-electron chi connectivity index (χ4n) is 8.37. The van der Waals surface area contributed by atoms with Crippen LogP contribution in [0, 0.1) is 5.92 Å². The molecule has 0 spiro atoms. The number of esters is 1. The van der Waals surface area contributed by atoms with Gasteiger partial charge in [-0.25, -0.2) is 4.79 Å². The Labute approximate surface area is 328 Å². The van der Waals surface area contributed by atoms with E-state index in [0.29, 0.717) is 38.6 Å². The van der Waals surface area contributed by atoms with Crippen molar-refractivity contribution in [3.63, 3.8) is 0 Å². The van der Waals surface area contributed by atoms with Crippen LogP contribution in [0.1, 0.15) is 76.0 Å². The van der Waals surface area contributed by atoms with Gasteiger partial charge in [0.25, 0.3) is 0 Å². The van der Waals surface area contributed by atoms with Crippen LogP contribution in [0.15, 0.2) is 54.6 Å². The molecule has 4 heterocycles. The Morgan fingerprint density at radius 2 is 1.46 bits per heavy atom. The summed E-state index contributed by atoms with van der Waals surface area (Å²) in [7, 11) is 0. The molecular weight excluding hydrogens is 716 g/mol. The smallest absolute Gasteiger partial charge is 0.328 e. The first-order valence-electron chi connectivity index (χ1n) is 20.0. The molecule has 6 rings (SSSR count). The van der Waals surface area contributed by atoms with E-state index in [0.717, 1.165) is 29.5 Å². The number of benzene rings is 2. The van der Waals surface area contributed by atoms with Gasteiger partial charge in [0.1, 0.15) is 42.9 Å². The van der Waals surface area contributed by atoms with Crippen LogP contribution in [0.3, 0.4) is 0 Å². The van der Waals surface area contributed by atoms with Gasteiger partial charge in [-0.3, -0.25) is 28.8 Å². The van der Waals surface area contributed by atoms with E-state index < -0.39 is 72.5 Å². The zero-order valence-electron chi connectivity index (χ0n) is 32.5. The Bertz CT molecular complexity index is 1790. The maximum Gasteiger partial charge on any atom is 0.328 e. The summed E-state index contributed by atoms with van der Waals surface area (Å²) in [4.78, 5) is 102. The van der Waals surface area contributed by atoms with Gasteiger partial charge in [0, 0.05) is 26.1 Å². The van der Waals surface area contributed by atoms with E-state index in [9.17, 15) is 33.6 Å². The molecule has 56 heavy (non-hydrogen) atoms. The first-order chi connectivity index (χ1) is 26.9. The van der Waals surface area contributed by atoms with E-state index in [1.54, 1.807) is 6.92 Å². The first-order valence-corrected chi connectivity index (χ1v) is 20.0. The van der Waals surface area contributed by atoms with Crippen molar-refractivity contribution in [1.29, 1.82) is 0 Å². The minimum atomic E-state index is -1.41. The largest absolute Gasteiger partial charge is 0.461 e. The molecule has 4 aliphatic heterocycles. The van der Waals surface area contributed by atoms with Gasteiger partial charge in [-0.2, -0.15) is 0 Å². The molecule has 2 aromatic rings. The summed E-state index contributed by atoms with van der Waals surface area (Å²) >= 11 is 0. The molecule has 0 bridgehead atoms. The number of amides is 6. The van der Waals surface area contributed by atoms with Crippen molar-refractivity contribution in [3.8, 4) is 0 Å². The van der Waals surface area contributed by atoms with Crippen LogP contribution in [-0.4, -0.2) is 119 Å². The SMILES string of the molecule is CCc1ccc(CC(=O)N[C@@H](Cc2ccccc2)C(=O)N[C@H]2COC(=O)[C@@H]3C[C@@H](C)CN3C(=O)[C@H](C)NC(=O)[C@@H]3CCCCN3C(=O)[C@@H]3CCCN3C2=O)cc1. The maximum atomic E-state index is 14.5. The van der Waals surface area contributed by atoms with Crippen molar-refractivity contribution in [2.45, 2.75) is 115 Å². The van der Waals surface area contributed by atoms with Crippen molar-refractivity contribution in [2.75, 3.05) is 26.2 Å². The third-order valence-corrected chi connectivity index (χ3v) is 11.4. The standard InChI is InChI=1S/C42H54N6O8/c1-4-28-15-17-30(18-16-28)23-36(49)44-31(22-29-11-6-5-7-12-29)37(50)45-32-25-56-42(55)35-21-26(2)24-48(35)39(52)27(3)43-38(51)33-13-8-9-19-46(33)41(54)34-14-10-20-47(34)40(32)53/h5-7,11-12,15-18,26-27,31-35H,4,8-10,13-14,19-25H2,1-3H3,(H,43,51)(H,44,49)(H,45,50)/t26-,27+,31+,32+,33+,34+,35+/m1/s1. The Balaban J connectivity index is 1.29. The average molecular weight is 771 g/mol. The van der Waals surface area contributed by atoms with E-state index >= 15 is 0 Å². The van der Waals surface area contributed by atoms with E-state index in [-0.39, 0.29) is 43.7 Å². The van der Waals surface area contributed by atoms with Gasteiger partial charge < -0.3 is 35.4 Å². The van der Waals surface area contributed by atoms with Crippen LogP contribution in [-0.2, 0) is 57.6 Å². The van der Waals surface area contributed by atoms with E-state index in [4.69, 9.17) is 4.74 Å². The number of cyclic esters (lactones) is 1. The highest BCUT2D eigenvalue weighted by Gasteiger charge is 2.46. The lowest BCUT2D eigenvalue weighted by Crippen LogP contribution is -2.62. The molecule has 0 saturated carbocycles. The van der Waals surface area contributed by atoms with Crippen LogP contribution in [0.2, 0.25) is 0 Å². The number of nitrogens with zero attached hydrogens (tertiary/aromatic N) is 3. The molecule has 0 aliphatic carbocycles. The number of rotatable bonds is 8. The molecule has 4 aliphatic rings. The lowest BCUT2D eigenvalue weighted by Gasteiger charge is -2.39. The van der Waals surface area contributed by atoms with Crippen molar-refractivity contribution in [2.24, 2.45) is 5.92 Å². The number of nitrogens with one attached hydrogen (secondary N) is 3. The summed E-state index contributed by atoms with van der Waals surface area (Å²) in [6.07, 6.45) is 4.01. The van der Waals surface area contributed by atoms with Crippen molar-refractivity contribution < 1.29 is 38.3 Å². The quantitative estimate of drug-likeness (QED) is 0.340. The fourth-order valence-corrected chi connectivity index (χ4v) is 8.37. The summed E-state index contributed by atoms with van der Waals surface area (Å²) in [6, 6.07) is 10.7. The maximum absolute atomic E-state index is 14.5. The van der Waals surface area contributed by atoms with Gasteiger partial charge in [0.05, 0.1) is 6.42 Å². The number of piperidine rings is 1. The van der Waals surface area contributed by atoms with Gasteiger partial charge in [-0.15, -0.1) is 0 Å². The molecule has 14 nitrogen and oxygen atoms in total. The summed E-state index contributed by atoms with van der Waals surface area (Å²) in [6.45, 7) is 5.79. The molecule has 6 amide bonds. The Morgan fingerprint density at radius 3 is 2.20 bits per heavy atom. The second-order valence-electron chi connectivity index (χ2n) is 15.7. The Hall–Kier alpha value is -5.27. The van der Waals surface area contributed by atoms with Crippen LogP contribution >= 0.6 is 0 Å². The molecule has 14 heteroatoms. The summed E-state index contributed by atoms with van der Waals surface area (Å²) in [5, 5.41) is 8.43. The molecule has 4 saturated heterocycles. The fraction of sp³-hybridized carbons (Fsp3) is 0.548. The predicted molar refractivity (Wildman–Crippen MR) is 205 cm³/mol. The number of hydrogen-bond acceptors (Lipinski definition) is 8. The normalized spacial score (nSPS) is 26.8. The highest BCUT2D eigenvalue weighted by molar-refractivity contribution is 5.98. The predicted octanol–water partition coefficient (Wildman–Crippen LogP) is 1.67. The Kier molecular flexibility index (Phi) is 13.1. The second-order valence-corrected chi connectivity index (χ2v) is 15.7. The van der Waals surface area contributed by atoms with Crippen LogP contribution in [0.4, 0.5) is 0 Å². The molecule has 0 radical (unpaired) electrons. The van der Waals surface area contributed by atoms with E-state index in [2.05, 4.69) is 16.0 Å². The number of fused-ring (bicyclic) bond motifs is 3. The minimum absolute atomic E-state index is 0.0310. The zero-order chi connectivity index (χ0) is 39.9. The lowest BCUT2D eigenvalue weighted by atomic mass is 9.99. The monoisotopic (exact) mass is 770 g/mol. The molecule has 0 aromatic heterocycles. The topological polar surface area (TPSA) is 175 Å². The van der Waals surface area contributed by atoms with Gasteiger partial charge >= 0.3 is 5.97 Å². The van der Waals surface area contributed by atoms with Gasteiger partial charge in [0.15, 0.2) is 0 Å². The number of ether oxygens (including phenoxy) is 1. The minimum Gasteiger partial charge on any atom is -0.461 e. The van der Waals surface area contributed by atoms with Crippen LogP contribution in [0.25, 0.3) is 0 Å². The van der Waals surface area contributed by atoms with Crippen LogP contribution < -0.4 is 16.0 Å². The molecule has 4 fully saturated rings. The molecule has 300 valence electrons. The Morgan fingerprint density at radius 1 is 0.786 bits per heavy atom. The lowest BCUT2D eigenvalue weighted by molar-refractivity contribution is -0.158. The number of carbonyl (C=O) groups excluding carboxylic acids is 7. The van der Waals surface area contributed by atoms with Crippen molar-refractivity contribution in [1.82, 2.24) is 30.7 Å². The van der Waals surface area contributed by atoms with Gasteiger partial charge in [0.2, 0.25) is 35.4 Å². The van der Waals surface area contributed by atoms with Crippen molar-refractivity contribution in [3.05, 3.63) is 71.3 Å². The summed E-state index contributed by atoms with van der Waals surface area (Å²) in [5.74, 6) is -3.73. The van der Waals surface area contributed by atoms with E-state index in [1.165, 1.54) is 14.7 Å². The van der Waals surface area contributed by atoms with E-state index in [1.807, 2.05) is 68.4 Å². The number of aryl methyl sites for hydroxylation is 1. The number of hydrogen-bond donors (Lipinski definition) is 3. The molecule has 0 unspecified atom stereocenters. The molecule has 3 N–H and O–H groups in total. The highest BCUT2D eigenvalue weighted by atomic mass is 16.5. The second kappa shape index (κ2) is 18.1.